The van der Waals surface area contributed by atoms with E-state index in [9.17, 15) is 4.79 Å². The van der Waals surface area contributed by atoms with Crippen molar-refractivity contribution in [1.82, 2.24) is 4.90 Å². The van der Waals surface area contributed by atoms with Crippen LogP contribution in [0.1, 0.15) is 37.3 Å². The standard InChI is InChI=1S/C17H24N2O2/c1-12-10-14-4-3-9-21-17(14)11-16(12)18-15-5-7-19(8-6-15)13(2)20/h10-11,15,18H,3-9H2,1-2H3. The molecule has 1 fully saturated rings. The van der Waals surface area contributed by atoms with Crippen LogP contribution in [-0.2, 0) is 11.2 Å². The highest BCUT2D eigenvalue weighted by Gasteiger charge is 2.21. The number of piperidine rings is 1. The zero-order valence-corrected chi connectivity index (χ0v) is 12.9. The Morgan fingerprint density at radius 2 is 2.10 bits per heavy atom. The molecule has 21 heavy (non-hydrogen) atoms. The van der Waals surface area contributed by atoms with Crippen molar-refractivity contribution < 1.29 is 9.53 Å². The van der Waals surface area contributed by atoms with Crippen molar-refractivity contribution >= 4 is 11.6 Å². The Balaban J connectivity index is 1.67. The summed E-state index contributed by atoms with van der Waals surface area (Å²) in [6.07, 6.45) is 4.25. The number of carbonyl (C=O) groups is 1. The molecular weight excluding hydrogens is 264 g/mol. The second kappa shape index (κ2) is 5.96. The van der Waals surface area contributed by atoms with Gasteiger partial charge in [0.05, 0.1) is 6.61 Å². The molecule has 4 nitrogen and oxygen atoms in total. The molecule has 1 saturated heterocycles. The van der Waals surface area contributed by atoms with Crippen LogP contribution >= 0.6 is 0 Å². The number of amides is 1. The van der Waals surface area contributed by atoms with Crippen LogP contribution in [0.2, 0.25) is 0 Å². The Morgan fingerprint density at radius 1 is 1.33 bits per heavy atom. The molecule has 3 rings (SSSR count). The third-order valence-electron chi connectivity index (χ3n) is 4.56. The van der Waals surface area contributed by atoms with Crippen molar-refractivity contribution in [3.8, 4) is 5.75 Å². The number of benzene rings is 1. The molecule has 0 unspecified atom stereocenters. The summed E-state index contributed by atoms with van der Waals surface area (Å²) in [5, 5.41) is 3.64. The molecule has 0 saturated carbocycles. The summed E-state index contributed by atoms with van der Waals surface area (Å²) in [7, 11) is 0. The normalized spacial score (nSPS) is 18.9. The van der Waals surface area contributed by atoms with Crippen molar-refractivity contribution in [2.24, 2.45) is 0 Å². The Hall–Kier alpha value is -1.71. The molecule has 0 aliphatic carbocycles. The SMILES string of the molecule is CC(=O)N1CCC(Nc2cc3c(cc2C)CCCO3)CC1. The minimum atomic E-state index is 0.187. The lowest BCUT2D eigenvalue weighted by Crippen LogP contribution is -2.41. The highest BCUT2D eigenvalue weighted by molar-refractivity contribution is 5.73. The van der Waals surface area contributed by atoms with Gasteiger partial charge in [0.2, 0.25) is 5.91 Å². The van der Waals surface area contributed by atoms with Gasteiger partial charge in [0.1, 0.15) is 5.75 Å². The molecule has 2 aliphatic heterocycles. The van der Waals surface area contributed by atoms with E-state index < -0.39 is 0 Å². The monoisotopic (exact) mass is 288 g/mol. The summed E-state index contributed by atoms with van der Waals surface area (Å²) in [5.74, 6) is 1.22. The number of ether oxygens (including phenoxy) is 1. The van der Waals surface area contributed by atoms with Crippen LogP contribution in [0.25, 0.3) is 0 Å². The van der Waals surface area contributed by atoms with Crippen LogP contribution in [0.15, 0.2) is 12.1 Å². The van der Waals surface area contributed by atoms with E-state index in [2.05, 4.69) is 24.4 Å². The molecule has 2 heterocycles. The first-order chi connectivity index (χ1) is 10.1. The van der Waals surface area contributed by atoms with Gasteiger partial charge in [-0.2, -0.15) is 0 Å². The first-order valence-corrected chi connectivity index (χ1v) is 7.92. The lowest BCUT2D eigenvalue weighted by Gasteiger charge is -2.33. The fourth-order valence-electron chi connectivity index (χ4n) is 3.24. The molecule has 114 valence electrons. The van der Waals surface area contributed by atoms with Crippen molar-refractivity contribution in [1.29, 1.82) is 0 Å². The van der Waals surface area contributed by atoms with Gasteiger partial charge in [-0.15, -0.1) is 0 Å². The maximum Gasteiger partial charge on any atom is 0.219 e. The summed E-state index contributed by atoms with van der Waals surface area (Å²) >= 11 is 0. The molecule has 4 heteroatoms. The smallest absolute Gasteiger partial charge is 0.219 e. The Morgan fingerprint density at radius 3 is 2.81 bits per heavy atom. The summed E-state index contributed by atoms with van der Waals surface area (Å²) in [6.45, 7) is 6.34. The lowest BCUT2D eigenvalue weighted by molar-refractivity contribution is -0.129. The largest absolute Gasteiger partial charge is 0.493 e. The number of anilines is 1. The van der Waals surface area contributed by atoms with Crippen molar-refractivity contribution in [2.75, 3.05) is 25.0 Å². The molecule has 1 aromatic rings. The van der Waals surface area contributed by atoms with Gasteiger partial charge in [0.25, 0.3) is 0 Å². The second-order valence-corrected chi connectivity index (χ2v) is 6.15. The molecule has 0 radical (unpaired) electrons. The van der Waals surface area contributed by atoms with E-state index in [0.717, 1.165) is 51.1 Å². The summed E-state index contributed by atoms with van der Waals surface area (Å²) in [5.41, 5.74) is 3.79. The van der Waals surface area contributed by atoms with Gasteiger partial charge in [-0.05, 0) is 43.7 Å². The molecule has 1 N–H and O–H groups in total. The predicted octanol–water partition coefficient (Wildman–Crippen LogP) is 2.74. The van der Waals surface area contributed by atoms with Crippen molar-refractivity contribution in [3.63, 3.8) is 0 Å². The van der Waals surface area contributed by atoms with E-state index in [4.69, 9.17) is 4.74 Å². The van der Waals surface area contributed by atoms with E-state index in [1.165, 1.54) is 16.8 Å². The number of nitrogens with zero attached hydrogens (tertiary/aromatic N) is 1. The van der Waals surface area contributed by atoms with E-state index in [-0.39, 0.29) is 5.91 Å². The van der Waals surface area contributed by atoms with Crippen LogP contribution in [0.4, 0.5) is 5.69 Å². The molecule has 2 aliphatic rings. The van der Waals surface area contributed by atoms with Gasteiger partial charge in [0, 0.05) is 37.8 Å². The zero-order chi connectivity index (χ0) is 14.8. The lowest BCUT2D eigenvalue weighted by atomic mass is 10.00. The molecule has 0 bridgehead atoms. The van der Waals surface area contributed by atoms with Gasteiger partial charge >= 0.3 is 0 Å². The predicted molar refractivity (Wildman–Crippen MR) is 83.9 cm³/mol. The Kier molecular flexibility index (Phi) is 4.04. The Bertz CT molecular complexity index is 534. The fourth-order valence-corrected chi connectivity index (χ4v) is 3.24. The van der Waals surface area contributed by atoms with Gasteiger partial charge in [-0.1, -0.05) is 6.07 Å². The first kappa shape index (κ1) is 14.2. The number of hydrogen-bond acceptors (Lipinski definition) is 3. The van der Waals surface area contributed by atoms with Crippen LogP contribution in [0.3, 0.4) is 0 Å². The van der Waals surface area contributed by atoms with Crippen LogP contribution in [-0.4, -0.2) is 36.5 Å². The van der Waals surface area contributed by atoms with Crippen molar-refractivity contribution in [2.45, 2.75) is 45.6 Å². The summed E-state index contributed by atoms with van der Waals surface area (Å²) in [6, 6.07) is 4.85. The van der Waals surface area contributed by atoms with E-state index in [1.54, 1.807) is 6.92 Å². The topological polar surface area (TPSA) is 41.6 Å². The average Bonchev–Trinajstić information content (AvgIpc) is 2.48. The second-order valence-electron chi connectivity index (χ2n) is 6.15. The van der Waals surface area contributed by atoms with Crippen LogP contribution in [0, 0.1) is 6.92 Å². The molecule has 0 spiro atoms. The molecule has 0 atom stereocenters. The zero-order valence-electron chi connectivity index (χ0n) is 12.9. The quantitative estimate of drug-likeness (QED) is 0.910. The number of hydrogen-bond donors (Lipinski definition) is 1. The minimum Gasteiger partial charge on any atom is -0.493 e. The third-order valence-corrected chi connectivity index (χ3v) is 4.56. The number of carbonyl (C=O) groups excluding carboxylic acids is 1. The molecule has 1 amide bonds. The van der Waals surface area contributed by atoms with Gasteiger partial charge in [-0.25, -0.2) is 0 Å². The molecule has 0 aromatic heterocycles. The number of rotatable bonds is 2. The van der Waals surface area contributed by atoms with Crippen molar-refractivity contribution in [3.05, 3.63) is 23.3 Å². The minimum absolute atomic E-state index is 0.187. The molecule has 1 aromatic carbocycles. The number of likely N-dealkylation sites (tertiary alicyclic amines) is 1. The maximum absolute atomic E-state index is 11.4. The highest BCUT2D eigenvalue weighted by Crippen LogP contribution is 2.31. The highest BCUT2D eigenvalue weighted by atomic mass is 16.5. The third kappa shape index (κ3) is 3.14. The van der Waals surface area contributed by atoms with Gasteiger partial charge in [-0.3, -0.25) is 4.79 Å². The fraction of sp³-hybridized carbons (Fsp3) is 0.588. The van der Waals surface area contributed by atoms with Gasteiger partial charge < -0.3 is 15.0 Å². The number of fused-ring (bicyclic) bond motifs is 1. The van der Waals surface area contributed by atoms with E-state index >= 15 is 0 Å². The summed E-state index contributed by atoms with van der Waals surface area (Å²) < 4.78 is 5.76. The maximum atomic E-state index is 11.4. The molecular formula is C17H24N2O2. The number of nitrogens with one attached hydrogen (secondary N) is 1. The van der Waals surface area contributed by atoms with E-state index in [1.807, 2.05) is 4.90 Å². The van der Waals surface area contributed by atoms with Crippen LogP contribution < -0.4 is 10.1 Å². The van der Waals surface area contributed by atoms with Gasteiger partial charge in [0.15, 0.2) is 0 Å². The first-order valence-electron chi connectivity index (χ1n) is 7.92. The van der Waals surface area contributed by atoms with E-state index in [0.29, 0.717) is 6.04 Å². The average molecular weight is 288 g/mol. The number of aryl methyl sites for hydroxylation is 2. The van der Waals surface area contributed by atoms with Crippen LogP contribution in [0.5, 0.6) is 5.75 Å². The Labute approximate surface area is 126 Å². The summed E-state index contributed by atoms with van der Waals surface area (Å²) in [4.78, 5) is 13.3.